The van der Waals surface area contributed by atoms with Crippen molar-refractivity contribution in [3.63, 3.8) is 0 Å². The van der Waals surface area contributed by atoms with Crippen molar-refractivity contribution < 1.29 is 4.79 Å². The molecule has 0 aliphatic heterocycles. The van der Waals surface area contributed by atoms with Crippen LogP contribution in [0.4, 0.5) is 5.69 Å². The molecule has 3 aromatic rings. The first-order valence-electron chi connectivity index (χ1n) is 7.39. The van der Waals surface area contributed by atoms with Crippen LogP contribution in [0, 0.1) is 11.3 Å². The maximum atomic E-state index is 12.0. The lowest BCUT2D eigenvalue weighted by Crippen LogP contribution is -2.12. The molecular weight excluding hydrogens is 320 g/mol. The number of hydrogen-bond donors (Lipinski definition) is 1. The highest BCUT2D eigenvalue weighted by atomic mass is 32.1. The number of thiazole rings is 1. The van der Waals surface area contributed by atoms with Crippen molar-refractivity contribution in [2.45, 2.75) is 12.8 Å². The Kier molecular flexibility index (Phi) is 4.94. The highest BCUT2D eigenvalue weighted by Crippen LogP contribution is 2.23. The van der Waals surface area contributed by atoms with E-state index in [-0.39, 0.29) is 5.91 Å². The number of rotatable bonds is 5. The number of aromatic nitrogens is 2. The van der Waals surface area contributed by atoms with Crippen LogP contribution < -0.4 is 5.32 Å². The Morgan fingerprint density at radius 3 is 2.88 bits per heavy atom. The minimum Gasteiger partial charge on any atom is -0.326 e. The van der Waals surface area contributed by atoms with Crippen LogP contribution in [-0.4, -0.2) is 15.9 Å². The summed E-state index contributed by atoms with van der Waals surface area (Å²) < 4.78 is 0. The van der Waals surface area contributed by atoms with Gasteiger partial charge in [0.05, 0.1) is 17.3 Å². The van der Waals surface area contributed by atoms with E-state index in [9.17, 15) is 4.79 Å². The second-order valence-corrected chi connectivity index (χ2v) is 5.98. The van der Waals surface area contributed by atoms with E-state index in [4.69, 9.17) is 5.26 Å². The monoisotopic (exact) mass is 334 g/mol. The molecule has 0 saturated heterocycles. The third-order valence-electron chi connectivity index (χ3n) is 3.36. The van der Waals surface area contributed by atoms with Gasteiger partial charge in [0.25, 0.3) is 0 Å². The summed E-state index contributed by atoms with van der Waals surface area (Å²) in [6, 6.07) is 12.7. The zero-order valence-electron chi connectivity index (χ0n) is 12.8. The molecule has 1 aromatic carbocycles. The third kappa shape index (κ3) is 4.03. The average Bonchev–Trinajstić information content (AvgIpc) is 3.10. The van der Waals surface area contributed by atoms with Gasteiger partial charge in [-0.1, -0.05) is 6.07 Å². The van der Waals surface area contributed by atoms with Gasteiger partial charge in [0.15, 0.2) is 0 Å². The number of benzene rings is 1. The normalized spacial score (nSPS) is 10.1. The van der Waals surface area contributed by atoms with Crippen molar-refractivity contribution in [2.24, 2.45) is 0 Å². The van der Waals surface area contributed by atoms with Crippen LogP contribution >= 0.6 is 11.3 Å². The highest BCUT2D eigenvalue weighted by Gasteiger charge is 2.08. The maximum absolute atomic E-state index is 12.0. The number of pyridine rings is 1. The Morgan fingerprint density at radius 1 is 1.25 bits per heavy atom. The summed E-state index contributed by atoms with van der Waals surface area (Å²) >= 11 is 1.56. The molecule has 0 aliphatic carbocycles. The summed E-state index contributed by atoms with van der Waals surface area (Å²) in [7, 11) is 0. The molecular formula is C18H14N4OS. The van der Waals surface area contributed by atoms with E-state index in [0.717, 1.165) is 16.3 Å². The SMILES string of the molecule is N#Cc1cccc(NC(=O)CCc2csc(-c3ccncc3)n2)c1. The Labute approximate surface area is 143 Å². The van der Waals surface area contributed by atoms with Gasteiger partial charge in [-0.25, -0.2) is 4.98 Å². The van der Waals surface area contributed by atoms with E-state index < -0.39 is 0 Å². The maximum Gasteiger partial charge on any atom is 0.224 e. The first-order valence-corrected chi connectivity index (χ1v) is 8.27. The summed E-state index contributed by atoms with van der Waals surface area (Å²) in [4.78, 5) is 20.6. The van der Waals surface area contributed by atoms with Gasteiger partial charge in [-0.15, -0.1) is 11.3 Å². The average molecular weight is 334 g/mol. The molecule has 0 atom stereocenters. The van der Waals surface area contributed by atoms with E-state index in [1.807, 2.05) is 17.5 Å². The van der Waals surface area contributed by atoms with Gasteiger partial charge in [-0.05, 0) is 36.8 Å². The number of nitriles is 1. The summed E-state index contributed by atoms with van der Waals surface area (Å²) in [6.45, 7) is 0. The standard InChI is InChI=1S/C18H14N4OS/c19-11-13-2-1-3-15(10-13)21-17(23)5-4-16-12-24-18(22-16)14-6-8-20-9-7-14/h1-3,6-10,12H,4-5H2,(H,21,23). The molecule has 6 heteroatoms. The van der Waals surface area contributed by atoms with Crippen molar-refractivity contribution in [3.8, 4) is 16.6 Å². The molecule has 0 spiro atoms. The van der Waals surface area contributed by atoms with Gasteiger partial charge < -0.3 is 5.32 Å². The summed E-state index contributed by atoms with van der Waals surface area (Å²) in [6.07, 6.45) is 4.39. The third-order valence-corrected chi connectivity index (χ3v) is 4.30. The van der Waals surface area contributed by atoms with Crippen LogP contribution in [0.25, 0.3) is 10.6 Å². The van der Waals surface area contributed by atoms with Gasteiger partial charge in [-0.3, -0.25) is 9.78 Å². The Balaban J connectivity index is 1.57. The molecule has 5 nitrogen and oxygen atoms in total. The fourth-order valence-electron chi connectivity index (χ4n) is 2.18. The molecule has 0 radical (unpaired) electrons. The van der Waals surface area contributed by atoms with Crippen LogP contribution in [0.3, 0.4) is 0 Å². The number of aryl methyl sites for hydroxylation is 1. The molecule has 2 heterocycles. The second-order valence-electron chi connectivity index (χ2n) is 5.12. The fraction of sp³-hybridized carbons (Fsp3) is 0.111. The van der Waals surface area contributed by atoms with E-state index >= 15 is 0 Å². The Hall–Kier alpha value is -3.04. The first kappa shape index (κ1) is 15.8. The lowest BCUT2D eigenvalue weighted by atomic mass is 10.2. The topological polar surface area (TPSA) is 78.7 Å². The predicted molar refractivity (Wildman–Crippen MR) is 93.5 cm³/mol. The number of carbonyl (C=O) groups is 1. The Bertz CT molecular complexity index is 883. The summed E-state index contributed by atoms with van der Waals surface area (Å²) in [5, 5.41) is 14.6. The van der Waals surface area contributed by atoms with Crippen molar-refractivity contribution in [3.05, 3.63) is 65.4 Å². The predicted octanol–water partition coefficient (Wildman–Crippen LogP) is 3.65. The van der Waals surface area contributed by atoms with Crippen molar-refractivity contribution >= 4 is 22.9 Å². The number of hydrogen-bond acceptors (Lipinski definition) is 5. The molecule has 118 valence electrons. The molecule has 3 rings (SSSR count). The number of nitrogens with zero attached hydrogens (tertiary/aromatic N) is 3. The smallest absolute Gasteiger partial charge is 0.224 e. The number of amides is 1. The quantitative estimate of drug-likeness (QED) is 0.772. The molecule has 2 aromatic heterocycles. The summed E-state index contributed by atoms with van der Waals surface area (Å²) in [5.41, 5.74) is 3.08. The van der Waals surface area contributed by atoms with E-state index in [1.54, 1.807) is 48.0 Å². The second kappa shape index (κ2) is 7.49. The molecule has 1 amide bonds. The molecule has 0 bridgehead atoms. The van der Waals surface area contributed by atoms with Crippen LogP contribution in [0.5, 0.6) is 0 Å². The van der Waals surface area contributed by atoms with E-state index in [2.05, 4.69) is 21.4 Å². The highest BCUT2D eigenvalue weighted by molar-refractivity contribution is 7.13. The number of nitrogens with one attached hydrogen (secondary N) is 1. The summed E-state index contributed by atoms with van der Waals surface area (Å²) in [5.74, 6) is -0.0939. The molecule has 1 N–H and O–H groups in total. The lowest BCUT2D eigenvalue weighted by molar-refractivity contribution is -0.116. The minimum atomic E-state index is -0.0939. The van der Waals surface area contributed by atoms with E-state index in [1.165, 1.54) is 0 Å². The molecule has 24 heavy (non-hydrogen) atoms. The fourth-order valence-corrected chi connectivity index (χ4v) is 3.04. The molecule has 0 aliphatic rings. The van der Waals surface area contributed by atoms with Gasteiger partial charge in [-0.2, -0.15) is 5.26 Å². The van der Waals surface area contributed by atoms with Crippen molar-refractivity contribution in [2.75, 3.05) is 5.32 Å². The van der Waals surface area contributed by atoms with Gasteiger partial charge in [0.1, 0.15) is 5.01 Å². The van der Waals surface area contributed by atoms with Gasteiger partial charge in [0, 0.05) is 35.4 Å². The van der Waals surface area contributed by atoms with E-state index in [0.29, 0.717) is 24.1 Å². The van der Waals surface area contributed by atoms with Crippen LogP contribution in [0.15, 0.2) is 54.2 Å². The van der Waals surface area contributed by atoms with Gasteiger partial charge in [0.2, 0.25) is 5.91 Å². The zero-order chi connectivity index (χ0) is 16.8. The lowest BCUT2D eigenvalue weighted by Gasteiger charge is -2.04. The van der Waals surface area contributed by atoms with Crippen LogP contribution in [0.1, 0.15) is 17.7 Å². The Morgan fingerprint density at radius 2 is 2.08 bits per heavy atom. The zero-order valence-corrected chi connectivity index (χ0v) is 13.6. The largest absolute Gasteiger partial charge is 0.326 e. The van der Waals surface area contributed by atoms with Crippen LogP contribution in [0.2, 0.25) is 0 Å². The number of carbonyl (C=O) groups excluding carboxylic acids is 1. The molecule has 0 fully saturated rings. The molecule has 0 unspecified atom stereocenters. The van der Waals surface area contributed by atoms with Crippen molar-refractivity contribution in [1.82, 2.24) is 9.97 Å². The number of anilines is 1. The minimum absolute atomic E-state index is 0.0939. The molecule has 0 saturated carbocycles. The van der Waals surface area contributed by atoms with Crippen molar-refractivity contribution in [1.29, 1.82) is 5.26 Å². The van der Waals surface area contributed by atoms with Crippen LogP contribution in [-0.2, 0) is 11.2 Å². The van der Waals surface area contributed by atoms with Gasteiger partial charge >= 0.3 is 0 Å². The first-order chi connectivity index (χ1) is 11.7.